The molecule has 0 fully saturated rings. The summed E-state index contributed by atoms with van der Waals surface area (Å²) in [6.45, 7) is 2.02. The van der Waals surface area contributed by atoms with Crippen molar-refractivity contribution in [3.05, 3.63) is 24.3 Å². The van der Waals surface area contributed by atoms with E-state index in [1.165, 1.54) is 10.8 Å². The van der Waals surface area contributed by atoms with Gasteiger partial charge < -0.3 is 0 Å². The maximum absolute atomic E-state index is 5.38. The van der Waals surface area contributed by atoms with Crippen LogP contribution < -0.4 is 26.9 Å². The van der Waals surface area contributed by atoms with Crippen molar-refractivity contribution in [2.75, 3.05) is 8.98 Å². The summed E-state index contributed by atoms with van der Waals surface area (Å²) in [6.07, 6.45) is 9.60. The Morgan fingerprint density at radius 2 is 2.20 bits per heavy atom. The topological polar surface area (TPSA) is 26.0 Å². The van der Waals surface area contributed by atoms with Crippen molar-refractivity contribution in [1.29, 1.82) is 0 Å². The fourth-order valence-corrected chi connectivity index (χ4v) is 1.74. The Labute approximate surface area is 73.6 Å². The van der Waals surface area contributed by atoms with E-state index in [4.69, 9.17) is 5.73 Å². The van der Waals surface area contributed by atoms with Crippen LogP contribution in [0.25, 0.3) is 0 Å². The van der Waals surface area contributed by atoms with E-state index in [2.05, 4.69) is 18.2 Å². The van der Waals surface area contributed by atoms with Crippen molar-refractivity contribution < 1.29 is 21.2 Å². The Kier molecular flexibility index (Phi) is 9.33. The first-order chi connectivity index (χ1) is 4.91. The van der Waals surface area contributed by atoms with Crippen LogP contribution in [0.15, 0.2) is 24.3 Å². The number of hydrogen-bond donors (Lipinski definition) is 1. The van der Waals surface area contributed by atoms with Gasteiger partial charge in [-0.2, -0.15) is 0 Å². The molecule has 2 N–H and O–H groups in total. The minimum atomic E-state index is 0.308. The van der Waals surface area contributed by atoms with E-state index in [1.54, 1.807) is 0 Å². The predicted octanol–water partition coefficient (Wildman–Crippen LogP) is -1.49. The third-order valence-corrected chi connectivity index (χ3v) is 2.97. The van der Waals surface area contributed by atoms with Crippen molar-refractivity contribution in [2.45, 2.75) is 13.3 Å². The van der Waals surface area contributed by atoms with Gasteiger partial charge in [0.25, 0.3) is 0 Å². The van der Waals surface area contributed by atoms with E-state index < -0.39 is 0 Å². The molecule has 0 spiro atoms. The molecule has 0 aromatic rings. The number of allylic oxidation sites excluding steroid dienone is 4. The standard InChI is InChI=1S/C8H15IN/c1-2-3-4-5-6-7-9-8-10/h2-5H,6-8,10H2,1H3/q-1/b3-2-,5-4-. The Bertz CT molecular complexity index is 108. The molecule has 0 atom stereocenters. The summed E-state index contributed by atoms with van der Waals surface area (Å²) in [6, 6.07) is 0. The fraction of sp³-hybridized carbons (Fsp3) is 0.500. The van der Waals surface area contributed by atoms with Crippen molar-refractivity contribution in [2.24, 2.45) is 5.73 Å². The molecule has 0 bridgehead atoms. The first-order valence-electron chi connectivity index (χ1n) is 3.43. The van der Waals surface area contributed by atoms with E-state index in [9.17, 15) is 0 Å². The van der Waals surface area contributed by atoms with Gasteiger partial charge in [-0.15, -0.1) is 0 Å². The Balaban J connectivity index is 3.02. The van der Waals surface area contributed by atoms with Crippen LogP contribution in [0.1, 0.15) is 13.3 Å². The number of hydrogen-bond acceptors (Lipinski definition) is 1. The second kappa shape index (κ2) is 9.17. The minimum absolute atomic E-state index is 0.308. The molecule has 10 heavy (non-hydrogen) atoms. The van der Waals surface area contributed by atoms with Gasteiger partial charge in [0, 0.05) is 0 Å². The summed E-state index contributed by atoms with van der Waals surface area (Å²) < 4.78 is 2.25. The van der Waals surface area contributed by atoms with E-state index >= 15 is 0 Å². The van der Waals surface area contributed by atoms with Crippen molar-refractivity contribution in [3.63, 3.8) is 0 Å². The van der Waals surface area contributed by atoms with Gasteiger partial charge in [0.1, 0.15) is 0 Å². The zero-order chi connectivity index (χ0) is 7.66. The molecular formula is C8H15IN-. The summed E-state index contributed by atoms with van der Waals surface area (Å²) in [5, 5.41) is 0. The van der Waals surface area contributed by atoms with Gasteiger partial charge in [-0.25, -0.2) is 0 Å². The Morgan fingerprint density at radius 1 is 1.40 bits per heavy atom. The third-order valence-electron chi connectivity index (χ3n) is 0.958. The van der Waals surface area contributed by atoms with Crippen LogP contribution in [0.2, 0.25) is 0 Å². The number of halogens is 1. The van der Waals surface area contributed by atoms with E-state index in [1.807, 2.05) is 13.0 Å². The van der Waals surface area contributed by atoms with Crippen LogP contribution in [0.4, 0.5) is 0 Å². The second-order valence-corrected chi connectivity index (χ2v) is 4.81. The molecular weight excluding hydrogens is 237 g/mol. The number of alkyl halides is 2. The van der Waals surface area contributed by atoms with Crippen molar-refractivity contribution in [1.82, 2.24) is 0 Å². The Morgan fingerprint density at radius 3 is 2.80 bits per heavy atom. The molecule has 60 valence electrons. The first kappa shape index (κ1) is 10.2. The van der Waals surface area contributed by atoms with Gasteiger partial charge in [-0.1, -0.05) is 0 Å². The molecule has 2 heteroatoms. The molecule has 1 nitrogen and oxygen atoms in total. The van der Waals surface area contributed by atoms with Crippen LogP contribution >= 0.6 is 0 Å². The molecule has 0 amide bonds. The molecule has 0 aliphatic carbocycles. The quantitative estimate of drug-likeness (QED) is 0.208. The monoisotopic (exact) mass is 252 g/mol. The van der Waals surface area contributed by atoms with Crippen molar-refractivity contribution >= 4 is 0 Å². The molecule has 0 heterocycles. The molecule has 0 unspecified atom stereocenters. The molecule has 0 rings (SSSR count). The SMILES string of the molecule is C/C=C\C=C/CC[I-]CN. The zero-order valence-electron chi connectivity index (χ0n) is 6.39. The van der Waals surface area contributed by atoms with Gasteiger partial charge in [-0.05, 0) is 0 Å². The molecule has 0 saturated heterocycles. The van der Waals surface area contributed by atoms with Gasteiger partial charge >= 0.3 is 73.6 Å². The normalized spacial score (nSPS) is 12.2. The van der Waals surface area contributed by atoms with Gasteiger partial charge in [0.15, 0.2) is 0 Å². The van der Waals surface area contributed by atoms with Crippen LogP contribution in [-0.4, -0.2) is 8.98 Å². The van der Waals surface area contributed by atoms with E-state index in [0.717, 1.165) is 4.55 Å². The summed E-state index contributed by atoms with van der Waals surface area (Å²) >= 11 is 0.308. The molecule has 0 aliphatic rings. The number of nitrogens with two attached hydrogens (primary N) is 1. The zero-order valence-corrected chi connectivity index (χ0v) is 8.54. The van der Waals surface area contributed by atoms with Crippen LogP contribution in [-0.2, 0) is 0 Å². The van der Waals surface area contributed by atoms with E-state index in [-0.39, 0.29) is 0 Å². The van der Waals surface area contributed by atoms with Crippen molar-refractivity contribution in [3.8, 4) is 0 Å². The first-order valence-corrected chi connectivity index (χ1v) is 6.48. The summed E-state index contributed by atoms with van der Waals surface area (Å²) in [5.74, 6) is 0. The molecule has 0 aliphatic heterocycles. The van der Waals surface area contributed by atoms with E-state index in [0.29, 0.717) is 21.2 Å². The van der Waals surface area contributed by atoms with Gasteiger partial charge in [0.2, 0.25) is 0 Å². The average molecular weight is 252 g/mol. The van der Waals surface area contributed by atoms with Crippen LogP contribution in [0.5, 0.6) is 0 Å². The number of rotatable bonds is 5. The third kappa shape index (κ3) is 8.17. The second-order valence-electron chi connectivity index (χ2n) is 1.77. The van der Waals surface area contributed by atoms with Gasteiger partial charge in [-0.3, -0.25) is 0 Å². The molecule has 0 radical (unpaired) electrons. The van der Waals surface area contributed by atoms with Crippen LogP contribution in [0, 0.1) is 0 Å². The maximum atomic E-state index is 5.38. The van der Waals surface area contributed by atoms with Crippen LogP contribution in [0.3, 0.4) is 0 Å². The summed E-state index contributed by atoms with van der Waals surface area (Å²) in [4.78, 5) is 0. The predicted molar refractivity (Wildman–Crippen MR) is 42.5 cm³/mol. The molecule has 0 saturated carbocycles. The summed E-state index contributed by atoms with van der Waals surface area (Å²) in [7, 11) is 0. The van der Waals surface area contributed by atoms with Gasteiger partial charge in [0.05, 0.1) is 0 Å². The fourth-order valence-electron chi connectivity index (χ4n) is 0.503. The molecule has 0 aromatic heterocycles. The average Bonchev–Trinajstić information content (AvgIpc) is 1.97. The molecule has 0 aromatic carbocycles. The summed E-state index contributed by atoms with van der Waals surface area (Å²) in [5.41, 5.74) is 5.38. The Hall–Kier alpha value is 0.170.